The second-order valence-electron chi connectivity index (χ2n) is 4.59. The van der Waals surface area contributed by atoms with Crippen LogP contribution in [0.2, 0.25) is 0 Å². The molecule has 0 bridgehead atoms. The number of aliphatic imine (C=N–C) groups is 1. The fraction of sp³-hybridized carbons (Fsp3) is 0.600. The van der Waals surface area contributed by atoms with Crippen LogP contribution in [-0.2, 0) is 6.42 Å². The topological polar surface area (TPSA) is 49.3 Å². The van der Waals surface area contributed by atoms with Gasteiger partial charge in [-0.1, -0.05) is 13.3 Å². The molecule has 1 heterocycles. The number of aromatic nitrogens is 1. The van der Waals surface area contributed by atoms with Crippen molar-refractivity contribution < 1.29 is 0 Å². The smallest absolute Gasteiger partial charge is 0.191 e. The van der Waals surface area contributed by atoms with Gasteiger partial charge in [0.1, 0.15) is 0 Å². The van der Waals surface area contributed by atoms with Crippen LogP contribution in [0.1, 0.15) is 37.8 Å². The average molecular weight is 262 g/mol. The lowest BCUT2D eigenvalue weighted by Crippen LogP contribution is -2.38. The van der Waals surface area contributed by atoms with Gasteiger partial charge in [-0.05, 0) is 43.9 Å². The number of pyridine rings is 1. The van der Waals surface area contributed by atoms with Gasteiger partial charge in [0.2, 0.25) is 0 Å². The van der Waals surface area contributed by atoms with Crippen LogP contribution in [0.5, 0.6) is 0 Å². The Hall–Kier alpha value is -1.58. The van der Waals surface area contributed by atoms with Gasteiger partial charge in [0.15, 0.2) is 5.96 Å². The molecule has 0 amide bonds. The Balaban J connectivity index is 2.39. The number of hydrogen-bond acceptors (Lipinski definition) is 2. The van der Waals surface area contributed by atoms with Gasteiger partial charge in [-0.15, -0.1) is 0 Å². The summed E-state index contributed by atoms with van der Waals surface area (Å²) in [6, 6.07) is 2.08. The Bertz CT molecular complexity index is 387. The molecule has 0 aromatic carbocycles. The molecule has 4 nitrogen and oxygen atoms in total. The Morgan fingerprint density at radius 3 is 2.84 bits per heavy atom. The Morgan fingerprint density at radius 2 is 2.16 bits per heavy atom. The zero-order valence-corrected chi connectivity index (χ0v) is 12.4. The lowest BCUT2D eigenvalue weighted by atomic mass is 10.1. The van der Waals surface area contributed by atoms with Crippen molar-refractivity contribution in [1.82, 2.24) is 15.6 Å². The molecule has 1 aromatic heterocycles. The maximum Gasteiger partial charge on any atom is 0.191 e. The first-order valence-corrected chi connectivity index (χ1v) is 7.19. The summed E-state index contributed by atoms with van der Waals surface area (Å²) in [6.07, 6.45) is 7.07. The summed E-state index contributed by atoms with van der Waals surface area (Å²) < 4.78 is 0. The molecule has 0 aliphatic carbocycles. The van der Waals surface area contributed by atoms with Crippen LogP contribution in [-0.4, -0.2) is 30.6 Å². The molecule has 1 rings (SSSR count). The van der Waals surface area contributed by atoms with Crippen molar-refractivity contribution >= 4 is 5.96 Å². The highest BCUT2D eigenvalue weighted by Crippen LogP contribution is 2.04. The van der Waals surface area contributed by atoms with Gasteiger partial charge in [0.25, 0.3) is 0 Å². The van der Waals surface area contributed by atoms with E-state index in [4.69, 9.17) is 0 Å². The molecule has 0 spiro atoms. The standard InChI is InChI=1S/C15H26N4/c1-4-6-9-18-15(17-5-2)19-11-8-14-7-10-16-12-13(14)3/h7,10,12H,4-6,8-9,11H2,1-3H3,(H2,17,18,19). The number of guanidine groups is 1. The van der Waals surface area contributed by atoms with E-state index < -0.39 is 0 Å². The van der Waals surface area contributed by atoms with Crippen LogP contribution >= 0.6 is 0 Å². The highest BCUT2D eigenvalue weighted by atomic mass is 15.2. The van der Waals surface area contributed by atoms with E-state index in [-0.39, 0.29) is 0 Å². The van der Waals surface area contributed by atoms with Gasteiger partial charge >= 0.3 is 0 Å². The molecule has 0 saturated heterocycles. The van der Waals surface area contributed by atoms with Gasteiger partial charge in [0.05, 0.1) is 0 Å². The average Bonchev–Trinajstić information content (AvgIpc) is 2.41. The second-order valence-corrected chi connectivity index (χ2v) is 4.59. The molecule has 19 heavy (non-hydrogen) atoms. The SMILES string of the molecule is CCCCN=C(NCC)NCCc1ccncc1C. The van der Waals surface area contributed by atoms with Crippen molar-refractivity contribution in [3.63, 3.8) is 0 Å². The minimum atomic E-state index is 0.889. The minimum absolute atomic E-state index is 0.889. The van der Waals surface area contributed by atoms with Gasteiger partial charge in [-0.2, -0.15) is 0 Å². The fourth-order valence-electron chi connectivity index (χ4n) is 1.79. The molecule has 0 radical (unpaired) electrons. The summed E-state index contributed by atoms with van der Waals surface area (Å²) in [5.41, 5.74) is 2.59. The molecule has 0 saturated carbocycles. The maximum atomic E-state index is 4.54. The van der Waals surface area contributed by atoms with Crippen molar-refractivity contribution in [3.8, 4) is 0 Å². The van der Waals surface area contributed by atoms with Crippen molar-refractivity contribution in [1.29, 1.82) is 0 Å². The predicted octanol–water partition coefficient (Wildman–Crippen LogP) is 2.29. The molecule has 2 N–H and O–H groups in total. The zero-order chi connectivity index (χ0) is 13.9. The molecule has 1 aromatic rings. The first kappa shape index (κ1) is 15.5. The molecule has 4 heteroatoms. The van der Waals surface area contributed by atoms with Gasteiger partial charge < -0.3 is 10.6 Å². The van der Waals surface area contributed by atoms with E-state index in [0.29, 0.717) is 0 Å². The van der Waals surface area contributed by atoms with Gasteiger partial charge in [0, 0.05) is 32.0 Å². The highest BCUT2D eigenvalue weighted by molar-refractivity contribution is 5.79. The summed E-state index contributed by atoms with van der Waals surface area (Å²) in [5.74, 6) is 0.919. The number of nitrogens with one attached hydrogen (secondary N) is 2. The summed E-state index contributed by atoms with van der Waals surface area (Å²) in [4.78, 5) is 8.65. The zero-order valence-electron chi connectivity index (χ0n) is 12.4. The molecule has 0 aliphatic heterocycles. The first-order chi connectivity index (χ1) is 9.27. The second kappa shape index (κ2) is 9.36. The van der Waals surface area contributed by atoms with Crippen LogP contribution in [0.3, 0.4) is 0 Å². The molecule has 0 unspecified atom stereocenters. The van der Waals surface area contributed by atoms with E-state index in [0.717, 1.165) is 38.4 Å². The number of rotatable bonds is 7. The third-order valence-corrected chi connectivity index (χ3v) is 2.95. The van der Waals surface area contributed by atoms with Crippen LogP contribution in [0.25, 0.3) is 0 Å². The summed E-state index contributed by atoms with van der Waals surface area (Å²) in [5, 5.41) is 6.64. The largest absolute Gasteiger partial charge is 0.357 e. The van der Waals surface area contributed by atoms with E-state index in [9.17, 15) is 0 Å². The highest BCUT2D eigenvalue weighted by Gasteiger charge is 1.99. The van der Waals surface area contributed by atoms with Crippen molar-refractivity contribution in [3.05, 3.63) is 29.6 Å². The Kier molecular flexibility index (Phi) is 7.63. The number of nitrogens with zero attached hydrogens (tertiary/aromatic N) is 2. The third-order valence-electron chi connectivity index (χ3n) is 2.95. The fourth-order valence-corrected chi connectivity index (χ4v) is 1.79. The monoisotopic (exact) mass is 262 g/mol. The van der Waals surface area contributed by atoms with Crippen LogP contribution in [0, 0.1) is 6.92 Å². The van der Waals surface area contributed by atoms with E-state index in [1.54, 1.807) is 0 Å². The van der Waals surface area contributed by atoms with Gasteiger partial charge in [-0.25, -0.2) is 0 Å². The molecule has 0 aliphatic rings. The van der Waals surface area contributed by atoms with Gasteiger partial charge in [-0.3, -0.25) is 9.98 Å². The summed E-state index contributed by atoms with van der Waals surface area (Å²) in [7, 11) is 0. The predicted molar refractivity (Wildman–Crippen MR) is 81.6 cm³/mol. The quantitative estimate of drug-likeness (QED) is 0.450. The lowest BCUT2D eigenvalue weighted by molar-refractivity contribution is 0.766. The first-order valence-electron chi connectivity index (χ1n) is 7.19. The van der Waals surface area contributed by atoms with E-state index in [1.807, 2.05) is 12.4 Å². The van der Waals surface area contributed by atoms with E-state index in [1.165, 1.54) is 17.5 Å². The summed E-state index contributed by atoms with van der Waals surface area (Å²) in [6.45, 7) is 9.05. The molecular weight excluding hydrogens is 236 g/mol. The minimum Gasteiger partial charge on any atom is -0.357 e. The molecule has 0 atom stereocenters. The van der Waals surface area contributed by atoms with Crippen molar-refractivity contribution in [2.45, 2.75) is 40.0 Å². The number of unbranched alkanes of at least 4 members (excludes halogenated alkanes) is 1. The Morgan fingerprint density at radius 1 is 1.32 bits per heavy atom. The van der Waals surface area contributed by atoms with Crippen LogP contribution in [0.4, 0.5) is 0 Å². The van der Waals surface area contributed by atoms with Crippen molar-refractivity contribution in [2.24, 2.45) is 4.99 Å². The third kappa shape index (κ3) is 6.22. The Labute approximate surface area is 116 Å². The molecular formula is C15H26N4. The van der Waals surface area contributed by atoms with Crippen molar-refractivity contribution in [2.75, 3.05) is 19.6 Å². The van der Waals surface area contributed by atoms with Crippen LogP contribution < -0.4 is 10.6 Å². The number of hydrogen-bond donors (Lipinski definition) is 2. The van der Waals surface area contributed by atoms with E-state index >= 15 is 0 Å². The molecule has 0 fully saturated rings. The van der Waals surface area contributed by atoms with Crippen LogP contribution in [0.15, 0.2) is 23.5 Å². The lowest BCUT2D eigenvalue weighted by Gasteiger charge is -2.11. The molecule has 106 valence electrons. The van der Waals surface area contributed by atoms with E-state index in [2.05, 4.69) is 47.4 Å². The number of aryl methyl sites for hydroxylation is 1. The summed E-state index contributed by atoms with van der Waals surface area (Å²) >= 11 is 0. The maximum absolute atomic E-state index is 4.54. The normalized spacial score (nSPS) is 11.4.